The molecule has 4 unspecified atom stereocenters. The molecule has 22 heavy (non-hydrogen) atoms. The number of hydrogen-bond donors (Lipinski definition) is 7. The fraction of sp³-hybridized carbons (Fsp3) is 0.700. The Morgan fingerprint density at radius 3 is 2.18 bits per heavy atom. The van der Waals surface area contributed by atoms with E-state index in [9.17, 15) is 24.9 Å². The second-order valence-electron chi connectivity index (χ2n) is 4.27. The van der Waals surface area contributed by atoms with E-state index < -0.39 is 55.5 Å². The minimum Gasteiger partial charge on any atom is -0.394 e. The molecule has 128 valence electrons. The van der Waals surface area contributed by atoms with Crippen LogP contribution >= 0.6 is 0 Å². The molecule has 0 fully saturated rings. The lowest BCUT2D eigenvalue weighted by atomic mass is 10.0. The molecule has 0 spiro atoms. The Hall–Kier alpha value is -1.99. The number of guanidine groups is 1. The van der Waals surface area contributed by atoms with Crippen LogP contribution in [-0.2, 0) is 19.4 Å². The summed E-state index contributed by atoms with van der Waals surface area (Å²) in [4.78, 5) is 31.4. The van der Waals surface area contributed by atoms with Gasteiger partial charge in [-0.25, -0.2) is 19.4 Å². The standard InChI is InChI=1S/C10H19N3O9/c1-13(10(11)12)2-5(16)21-22-9(20)8(19)7(18)6(17)4(15)3-14/h4,6-8,14-15,17-19H,2-3H2,1H3,(H3,11,12). The molecule has 0 radical (unpaired) electrons. The maximum atomic E-state index is 11.3. The minimum absolute atomic E-state index is 0.445. The molecule has 0 saturated heterocycles. The summed E-state index contributed by atoms with van der Waals surface area (Å²) >= 11 is 0. The fourth-order valence-electron chi connectivity index (χ4n) is 1.10. The molecule has 0 rings (SSSR count). The number of aliphatic hydroxyl groups excluding tert-OH is 5. The van der Waals surface area contributed by atoms with Crippen LogP contribution in [0.15, 0.2) is 0 Å². The van der Waals surface area contributed by atoms with Gasteiger partial charge in [-0.2, -0.15) is 0 Å². The number of likely N-dealkylation sites (N-methyl/N-ethyl adjacent to an activating group) is 1. The van der Waals surface area contributed by atoms with Crippen molar-refractivity contribution in [2.75, 3.05) is 20.2 Å². The van der Waals surface area contributed by atoms with Crippen LogP contribution in [0, 0.1) is 5.41 Å². The van der Waals surface area contributed by atoms with Crippen LogP contribution < -0.4 is 5.73 Å². The summed E-state index contributed by atoms with van der Waals surface area (Å²) in [6, 6.07) is 0. The Balaban J connectivity index is 4.36. The number of nitrogens with two attached hydrogens (primary N) is 1. The molecule has 0 bridgehead atoms. The topological polar surface area (TPSA) is 207 Å². The van der Waals surface area contributed by atoms with Crippen LogP contribution in [0.5, 0.6) is 0 Å². The van der Waals surface area contributed by atoms with Gasteiger partial charge in [-0.05, 0) is 0 Å². The largest absolute Gasteiger partial charge is 0.394 e. The molecule has 4 atom stereocenters. The molecule has 12 heteroatoms. The van der Waals surface area contributed by atoms with Gasteiger partial charge in [0.2, 0.25) is 0 Å². The smallest absolute Gasteiger partial charge is 0.386 e. The van der Waals surface area contributed by atoms with Crippen LogP contribution in [-0.4, -0.2) is 92.9 Å². The SMILES string of the molecule is CN(CC(=O)OOC(=O)C(O)C(O)C(O)C(O)CO)C(=N)N. The van der Waals surface area contributed by atoms with Gasteiger partial charge in [0.15, 0.2) is 12.1 Å². The van der Waals surface area contributed by atoms with E-state index >= 15 is 0 Å². The Morgan fingerprint density at radius 1 is 1.18 bits per heavy atom. The Morgan fingerprint density at radius 2 is 1.73 bits per heavy atom. The van der Waals surface area contributed by atoms with E-state index in [0.29, 0.717) is 0 Å². The van der Waals surface area contributed by atoms with Crippen molar-refractivity contribution in [3.05, 3.63) is 0 Å². The van der Waals surface area contributed by atoms with E-state index in [1.165, 1.54) is 7.05 Å². The number of rotatable bonds is 7. The normalized spacial score (nSPS) is 16.1. The van der Waals surface area contributed by atoms with Crippen molar-refractivity contribution >= 4 is 17.9 Å². The summed E-state index contributed by atoms with van der Waals surface area (Å²) in [5.74, 6) is -3.18. The van der Waals surface area contributed by atoms with Crippen LogP contribution in [0.1, 0.15) is 0 Å². The van der Waals surface area contributed by atoms with Crippen molar-refractivity contribution in [3.8, 4) is 0 Å². The highest BCUT2D eigenvalue weighted by atomic mass is 17.2. The summed E-state index contributed by atoms with van der Waals surface area (Å²) in [5.41, 5.74) is 5.05. The second kappa shape index (κ2) is 9.11. The first kappa shape index (κ1) is 20.0. The first-order valence-corrected chi connectivity index (χ1v) is 5.91. The lowest BCUT2D eigenvalue weighted by Gasteiger charge is -2.23. The highest BCUT2D eigenvalue weighted by Gasteiger charge is 2.36. The van der Waals surface area contributed by atoms with E-state index in [1.54, 1.807) is 0 Å². The van der Waals surface area contributed by atoms with Crippen molar-refractivity contribution in [1.29, 1.82) is 5.41 Å². The number of hydrogen-bond acceptors (Lipinski definition) is 10. The van der Waals surface area contributed by atoms with E-state index in [-0.39, 0.29) is 0 Å². The summed E-state index contributed by atoms with van der Waals surface area (Å²) in [6.45, 7) is -1.44. The molecule has 0 aliphatic carbocycles. The lowest BCUT2D eigenvalue weighted by Crippen LogP contribution is -2.49. The molecule has 0 aliphatic heterocycles. The van der Waals surface area contributed by atoms with Gasteiger partial charge in [-0.15, -0.1) is 0 Å². The predicted octanol–water partition coefficient (Wildman–Crippen LogP) is -4.75. The third-order valence-corrected chi connectivity index (χ3v) is 2.49. The maximum Gasteiger partial charge on any atom is 0.386 e. The zero-order valence-corrected chi connectivity index (χ0v) is 11.6. The quantitative estimate of drug-likeness (QED) is 0.102. The van der Waals surface area contributed by atoms with Gasteiger partial charge in [-0.3, -0.25) is 5.41 Å². The molecule has 0 saturated carbocycles. The van der Waals surface area contributed by atoms with Crippen LogP contribution in [0.3, 0.4) is 0 Å². The van der Waals surface area contributed by atoms with Gasteiger partial charge < -0.3 is 36.2 Å². The van der Waals surface area contributed by atoms with E-state index in [1.807, 2.05) is 0 Å². The highest BCUT2D eigenvalue weighted by Crippen LogP contribution is 2.07. The molecule has 12 nitrogen and oxygen atoms in total. The van der Waals surface area contributed by atoms with Gasteiger partial charge in [0.25, 0.3) is 0 Å². The first-order chi connectivity index (χ1) is 10.1. The van der Waals surface area contributed by atoms with Gasteiger partial charge in [-0.1, -0.05) is 0 Å². The van der Waals surface area contributed by atoms with Crippen molar-refractivity contribution < 1.29 is 44.9 Å². The Bertz CT molecular complexity index is 405. The molecule has 0 aromatic rings. The van der Waals surface area contributed by atoms with E-state index in [0.717, 1.165) is 4.90 Å². The molecule has 0 amide bonds. The number of carbonyl (C=O) groups is 2. The molecule has 8 N–H and O–H groups in total. The van der Waals surface area contributed by atoms with Crippen molar-refractivity contribution in [1.82, 2.24) is 4.90 Å². The predicted molar refractivity (Wildman–Crippen MR) is 67.8 cm³/mol. The fourth-order valence-corrected chi connectivity index (χ4v) is 1.10. The average molecular weight is 325 g/mol. The van der Waals surface area contributed by atoms with Crippen LogP contribution in [0.2, 0.25) is 0 Å². The number of carbonyl (C=O) groups excluding carboxylic acids is 2. The minimum atomic E-state index is -2.34. The molecule has 0 aromatic heterocycles. The van der Waals surface area contributed by atoms with E-state index in [2.05, 4.69) is 9.78 Å². The third-order valence-electron chi connectivity index (χ3n) is 2.49. The van der Waals surface area contributed by atoms with Gasteiger partial charge in [0.1, 0.15) is 24.9 Å². The first-order valence-electron chi connectivity index (χ1n) is 5.91. The summed E-state index contributed by atoms with van der Waals surface area (Å²) in [5, 5.41) is 52.6. The summed E-state index contributed by atoms with van der Waals surface area (Å²) in [6.07, 6.45) is -8.36. The number of nitrogens with zero attached hydrogens (tertiary/aromatic N) is 1. The molecule has 0 aliphatic rings. The second-order valence-corrected chi connectivity index (χ2v) is 4.27. The molecular weight excluding hydrogens is 306 g/mol. The zero-order chi connectivity index (χ0) is 17.4. The monoisotopic (exact) mass is 325 g/mol. The van der Waals surface area contributed by atoms with Crippen molar-refractivity contribution in [3.63, 3.8) is 0 Å². The van der Waals surface area contributed by atoms with Crippen molar-refractivity contribution in [2.24, 2.45) is 5.73 Å². The number of nitrogens with one attached hydrogen (secondary N) is 1. The van der Waals surface area contributed by atoms with Crippen LogP contribution in [0.25, 0.3) is 0 Å². The highest BCUT2D eigenvalue weighted by molar-refractivity contribution is 5.81. The van der Waals surface area contributed by atoms with Gasteiger partial charge in [0, 0.05) is 7.05 Å². The Kier molecular flexibility index (Phi) is 8.29. The van der Waals surface area contributed by atoms with Crippen molar-refractivity contribution in [2.45, 2.75) is 24.4 Å². The molecule has 0 aromatic carbocycles. The Labute approximate surface area is 124 Å². The lowest BCUT2D eigenvalue weighted by molar-refractivity contribution is -0.268. The van der Waals surface area contributed by atoms with Gasteiger partial charge >= 0.3 is 11.9 Å². The summed E-state index contributed by atoms with van der Waals surface area (Å²) in [7, 11) is 1.29. The maximum absolute atomic E-state index is 11.3. The van der Waals surface area contributed by atoms with Gasteiger partial charge in [0.05, 0.1) is 6.61 Å². The third kappa shape index (κ3) is 6.19. The summed E-state index contributed by atoms with van der Waals surface area (Å²) < 4.78 is 0. The van der Waals surface area contributed by atoms with Crippen LogP contribution in [0.4, 0.5) is 0 Å². The molecular formula is C10H19N3O9. The zero-order valence-electron chi connectivity index (χ0n) is 11.6. The van der Waals surface area contributed by atoms with E-state index in [4.69, 9.17) is 21.4 Å². The average Bonchev–Trinajstić information content (AvgIpc) is 2.49. The molecule has 0 heterocycles. The number of aliphatic hydroxyl groups is 5.